The highest BCUT2D eigenvalue weighted by Gasteiger charge is 2.45. The number of carbonyl (C=O) groups is 1. The summed E-state index contributed by atoms with van der Waals surface area (Å²) in [6.07, 6.45) is 3.39. The first-order valence-electron chi connectivity index (χ1n) is 6.30. The van der Waals surface area contributed by atoms with Gasteiger partial charge in [0.25, 0.3) is 0 Å². The van der Waals surface area contributed by atoms with E-state index in [-0.39, 0.29) is 5.92 Å². The summed E-state index contributed by atoms with van der Waals surface area (Å²) in [5, 5.41) is 0. The third-order valence-corrected chi connectivity index (χ3v) is 4.30. The highest BCUT2D eigenvalue weighted by molar-refractivity contribution is 9.10. The molecule has 2 aliphatic rings. The maximum atomic E-state index is 12.2. The average Bonchev–Trinajstić information content (AvgIpc) is 2.94. The van der Waals surface area contributed by atoms with Crippen molar-refractivity contribution in [2.75, 3.05) is 13.1 Å². The molecule has 90 valence electrons. The van der Waals surface area contributed by atoms with Gasteiger partial charge in [-0.25, -0.2) is 0 Å². The quantitative estimate of drug-likeness (QED) is 0.820. The van der Waals surface area contributed by atoms with Gasteiger partial charge in [0.2, 0.25) is 5.91 Å². The third kappa shape index (κ3) is 2.25. The molecule has 1 amide bonds. The van der Waals surface area contributed by atoms with Gasteiger partial charge in [0.05, 0.1) is 0 Å². The molecule has 1 saturated carbocycles. The summed E-state index contributed by atoms with van der Waals surface area (Å²) in [6, 6.07) is 8.35. The molecule has 0 radical (unpaired) electrons. The van der Waals surface area contributed by atoms with Crippen LogP contribution in [-0.4, -0.2) is 23.9 Å². The van der Waals surface area contributed by atoms with Crippen molar-refractivity contribution >= 4 is 21.8 Å². The van der Waals surface area contributed by atoms with E-state index in [4.69, 9.17) is 0 Å². The number of benzene rings is 1. The Morgan fingerprint density at radius 3 is 2.76 bits per heavy atom. The van der Waals surface area contributed by atoms with Gasteiger partial charge in [-0.05, 0) is 42.9 Å². The summed E-state index contributed by atoms with van der Waals surface area (Å²) in [5.74, 6) is 1.09. The second-order valence-electron chi connectivity index (χ2n) is 5.04. The van der Waals surface area contributed by atoms with E-state index in [2.05, 4.69) is 34.1 Å². The molecule has 2 fully saturated rings. The molecule has 2 nitrogen and oxygen atoms in total. The number of amides is 1. The van der Waals surface area contributed by atoms with Gasteiger partial charge < -0.3 is 4.90 Å². The van der Waals surface area contributed by atoms with E-state index in [1.54, 1.807) is 0 Å². The maximum absolute atomic E-state index is 12.2. The van der Waals surface area contributed by atoms with Crippen molar-refractivity contribution in [1.29, 1.82) is 0 Å². The Morgan fingerprint density at radius 1 is 1.29 bits per heavy atom. The molecule has 2 unspecified atom stereocenters. The maximum Gasteiger partial charge on any atom is 0.226 e. The van der Waals surface area contributed by atoms with Crippen LogP contribution < -0.4 is 0 Å². The zero-order chi connectivity index (χ0) is 11.8. The molecule has 0 N–H and O–H groups in total. The topological polar surface area (TPSA) is 20.3 Å². The number of hydrogen-bond acceptors (Lipinski definition) is 1. The van der Waals surface area contributed by atoms with Crippen molar-refractivity contribution in [2.45, 2.75) is 25.2 Å². The molecule has 3 heteroatoms. The van der Waals surface area contributed by atoms with E-state index in [0.717, 1.165) is 24.0 Å². The Labute approximate surface area is 110 Å². The van der Waals surface area contributed by atoms with Gasteiger partial charge >= 0.3 is 0 Å². The fourth-order valence-corrected chi connectivity index (χ4v) is 3.16. The molecule has 0 spiro atoms. The Hall–Kier alpha value is -0.830. The molecule has 0 bridgehead atoms. The molecular formula is C14H16BrNO. The first-order chi connectivity index (χ1) is 8.25. The smallest absolute Gasteiger partial charge is 0.226 e. The van der Waals surface area contributed by atoms with Gasteiger partial charge in [0.15, 0.2) is 0 Å². The molecule has 1 heterocycles. The molecule has 1 aliphatic carbocycles. The SMILES string of the molecule is O=C(C1CC1c1cccc(Br)c1)N1CCCC1. The Bertz CT molecular complexity index is 440. The zero-order valence-electron chi connectivity index (χ0n) is 9.73. The van der Waals surface area contributed by atoms with Crippen LogP contribution in [0.2, 0.25) is 0 Å². The first kappa shape index (κ1) is 11.3. The predicted octanol–water partition coefficient (Wildman–Crippen LogP) is 3.18. The molecule has 17 heavy (non-hydrogen) atoms. The Balaban J connectivity index is 1.67. The van der Waals surface area contributed by atoms with Gasteiger partial charge in [-0.15, -0.1) is 0 Å². The summed E-state index contributed by atoms with van der Waals surface area (Å²) in [6.45, 7) is 1.95. The van der Waals surface area contributed by atoms with Gasteiger partial charge in [0, 0.05) is 23.5 Å². The van der Waals surface area contributed by atoms with Crippen molar-refractivity contribution in [1.82, 2.24) is 4.90 Å². The lowest BCUT2D eigenvalue weighted by atomic mass is 10.1. The normalized spacial score (nSPS) is 27.2. The minimum atomic E-state index is 0.252. The van der Waals surface area contributed by atoms with E-state index >= 15 is 0 Å². The summed E-state index contributed by atoms with van der Waals surface area (Å²) < 4.78 is 1.11. The Morgan fingerprint density at radius 2 is 2.06 bits per heavy atom. The van der Waals surface area contributed by atoms with Crippen LogP contribution in [0.15, 0.2) is 28.7 Å². The predicted molar refractivity (Wildman–Crippen MR) is 70.8 cm³/mol. The lowest BCUT2D eigenvalue weighted by Crippen LogP contribution is -2.29. The van der Waals surface area contributed by atoms with E-state index in [1.165, 1.54) is 18.4 Å². The second-order valence-corrected chi connectivity index (χ2v) is 5.95. The largest absolute Gasteiger partial charge is 0.342 e. The fourth-order valence-electron chi connectivity index (χ4n) is 2.75. The lowest BCUT2D eigenvalue weighted by Gasteiger charge is -2.14. The highest BCUT2D eigenvalue weighted by atomic mass is 79.9. The molecular weight excluding hydrogens is 278 g/mol. The number of nitrogens with zero attached hydrogens (tertiary/aromatic N) is 1. The molecule has 1 saturated heterocycles. The number of likely N-dealkylation sites (tertiary alicyclic amines) is 1. The van der Waals surface area contributed by atoms with Crippen LogP contribution in [0, 0.1) is 5.92 Å². The molecule has 1 aromatic rings. The van der Waals surface area contributed by atoms with Crippen LogP contribution in [0.25, 0.3) is 0 Å². The summed E-state index contributed by atoms with van der Waals surface area (Å²) in [4.78, 5) is 14.2. The molecule has 0 aromatic heterocycles. The van der Waals surface area contributed by atoms with E-state index in [9.17, 15) is 4.79 Å². The van der Waals surface area contributed by atoms with Crippen LogP contribution in [0.4, 0.5) is 0 Å². The molecule has 3 rings (SSSR count). The van der Waals surface area contributed by atoms with Crippen LogP contribution in [-0.2, 0) is 4.79 Å². The zero-order valence-corrected chi connectivity index (χ0v) is 11.3. The van der Waals surface area contributed by atoms with Crippen molar-refractivity contribution in [3.8, 4) is 0 Å². The molecule has 2 atom stereocenters. The van der Waals surface area contributed by atoms with Crippen LogP contribution >= 0.6 is 15.9 Å². The van der Waals surface area contributed by atoms with Crippen molar-refractivity contribution < 1.29 is 4.79 Å². The minimum Gasteiger partial charge on any atom is -0.342 e. The third-order valence-electron chi connectivity index (χ3n) is 3.80. The highest BCUT2D eigenvalue weighted by Crippen LogP contribution is 2.49. The van der Waals surface area contributed by atoms with Gasteiger partial charge in [0.1, 0.15) is 0 Å². The number of halogens is 1. The number of rotatable bonds is 2. The van der Waals surface area contributed by atoms with Crippen LogP contribution in [0.3, 0.4) is 0 Å². The number of carbonyl (C=O) groups excluding carboxylic acids is 1. The standard InChI is InChI=1S/C14H16BrNO/c15-11-5-3-4-10(8-11)12-9-13(12)14(17)16-6-1-2-7-16/h3-5,8,12-13H,1-2,6-7,9H2. The fraction of sp³-hybridized carbons (Fsp3) is 0.500. The summed E-state index contributed by atoms with van der Waals surface area (Å²) in [7, 11) is 0. The van der Waals surface area contributed by atoms with Crippen molar-refractivity contribution in [3.63, 3.8) is 0 Å². The average molecular weight is 294 g/mol. The van der Waals surface area contributed by atoms with Gasteiger partial charge in [-0.1, -0.05) is 28.1 Å². The molecule has 1 aliphatic heterocycles. The van der Waals surface area contributed by atoms with E-state index < -0.39 is 0 Å². The minimum absolute atomic E-state index is 0.252. The van der Waals surface area contributed by atoms with Gasteiger partial charge in [-0.3, -0.25) is 4.79 Å². The van der Waals surface area contributed by atoms with Crippen molar-refractivity contribution in [2.24, 2.45) is 5.92 Å². The first-order valence-corrected chi connectivity index (χ1v) is 7.09. The van der Waals surface area contributed by atoms with Crippen LogP contribution in [0.5, 0.6) is 0 Å². The molecule has 1 aromatic carbocycles. The Kier molecular flexibility index (Phi) is 2.95. The van der Waals surface area contributed by atoms with Crippen molar-refractivity contribution in [3.05, 3.63) is 34.3 Å². The summed E-state index contributed by atoms with van der Waals surface area (Å²) in [5.41, 5.74) is 1.30. The second kappa shape index (κ2) is 4.45. The number of hydrogen-bond donors (Lipinski definition) is 0. The van der Waals surface area contributed by atoms with Gasteiger partial charge in [-0.2, -0.15) is 0 Å². The lowest BCUT2D eigenvalue weighted by molar-refractivity contribution is -0.131. The summed E-state index contributed by atoms with van der Waals surface area (Å²) >= 11 is 3.49. The monoisotopic (exact) mass is 293 g/mol. The van der Waals surface area contributed by atoms with Crippen LogP contribution in [0.1, 0.15) is 30.7 Å². The van der Waals surface area contributed by atoms with E-state index in [1.807, 2.05) is 11.0 Å². The van der Waals surface area contributed by atoms with E-state index in [0.29, 0.717) is 11.8 Å².